The highest BCUT2D eigenvalue weighted by molar-refractivity contribution is 7.80. The highest BCUT2D eigenvalue weighted by Crippen LogP contribution is 2.41. The fraction of sp³-hybridized carbons (Fsp3) is 0.258. The Morgan fingerprint density at radius 2 is 1.87 bits per heavy atom. The second kappa shape index (κ2) is 11.4. The fourth-order valence-electron chi connectivity index (χ4n) is 5.47. The molecule has 4 aromatic rings. The van der Waals surface area contributed by atoms with Gasteiger partial charge in [0.2, 0.25) is 5.91 Å². The van der Waals surface area contributed by atoms with Crippen molar-refractivity contribution in [1.29, 1.82) is 0 Å². The van der Waals surface area contributed by atoms with Gasteiger partial charge in [-0.1, -0.05) is 37.3 Å². The topological polar surface area (TPSA) is 62.2 Å². The average Bonchev–Trinajstić information content (AvgIpc) is 3.42. The Labute approximate surface area is 233 Å². The number of hydrogen-bond acceptors (Lipinski definition) is 3. The first-order valence-corrected chi connectivity index (χ1v) is 13.6. The van der Waals surface area contributed by atoms with Gasteiger partial charge in [-0.25, -0.2) is 4.39 Å². The van der Waals surface area contributed by atoms with Gasteiger partial charge in [-0.05, 0) is 86.1 Å². The number of halogens is 1. The van der Waals surface area contributed by atoms with Crippen molar-refractivity contribution in [3.05, 3.63) is 113 Å². The molecule has 2 atom stereocenters. The lowest BCUT2D eigenvalue weighted by Gasteiger charge is -2.28. The minimum atomic E-state index is -0.283. The van der Waals surface area contributed by atoms with E-state index in [1.165, 1.54) is 12.1 Å². The molecular weight excluding hydrogens is 509 g/mol. The Morgan fingerprint density at radius 3 is 2.62 bits per heavy atom. The van der Waals surface area contributed by atoms with Crippen molar-refractivity contribution in [1.82, 2.24) is 19.8 Å². The molecule has 0 spiro atoms. The van der Waals surface area contributed by atoms with Crippen molar-refractivity contribution in [3.63, 3.8) is 0 Å². The first kappa shape index (κ1) is 26.6. The van der Waals surface area contributed by atoms with Crippen molar-refractivity contribution >= 4 is 28.9 Å². The van der Waals surface area contributed by atoms with Crippen LogP contribution in [0.1, 0.15) is 53.6 Å². The van der Waals surface area contributed by atoms with E-state index in [9.17, 15) is 9.18 Å². The summed E-state index contributed by atoms with van der Waals surface area (Å²) in [6.45, 7) is 6.56. The van der Waals surface area contributed by atoms with E-state index in [-0.39, 0.29) is 30.2 Å². The largest absolute Gasteiger partial charge is 0.352 e. The molecule has 1 saturated heterocycles. The summed E-state index contributed by atoms with van der Waals surface area (Å²) < 4.78 is 16.2. The summed E-state index contributed by atoms with van der Waals surface area (Å²) >= 11 is 5.81. The molecule has 6 nitrogen and oxygen atoms in total. The van der Waals surface area contributed by atoms with Gasteiger partial charge in [-0.2, -0.15) is 0 Å². The molecule has 0 bridgehead atoms. The number of carbonyl (C=O) groups excluding carboxylic acids is 1. The number of nitrogens with one attached hydrogen (secondary N) is 2. The van der Waals surface area contributed by atoms with Crippen LogP contribution in [0.15, 0.2) is 79.0 Å². The molecular formula is C31H32FN5OS. The Morgan fingerprint density at radius 1 is 1.08 bits per heavy atom. The second-order valence-electron chi connectivity index (χ2n) is 9.77. The van der Waals surface area contributed by atoms with Crippen molar-refractivity contribution in [2.75, 3.05) is 11.9 Å². The Bertz CT molecular complexity index is 1500. The zero-order chi connectivity index (χ0) is 27.5. The third-order valence-corrected chi connectivity index (χ3v) is 7.66. The Hall–Kier alpha value is -4.04. The second-order valence-corrected chi connectivity index (χ2v) is 10.2. The molecule has 2 aromatic carbocycles. The Balaban J connectivity index is 1.47. The molecule has 0 aliphatic carbocycles. The van der Waals surface area contributed by atoms with Gasteiger partial charge in [0, 0.05) is 41.9 Å². The van der Waals surface area contributed by atoms with Crippen LogP contribution in [0, 0.1) is 19.7 Å². The van der Waals surface area contributed by atoms with Gasteiger partial charge < -0.3 is 20.1 Å². The maximum Gasteiger partial charge on any atom is 0.226 e. The summed E-state index contributed by atoms with van der Waals surface area (Å²) in [5, 5.41) is 7.10. The number of para-hydroxylation sites is 1. The molecule has 200 valence electrons. The van der Waals surface area contributed by atoms with Crippen molar-refractivity contribution in [3.8, 4) is 5.69 Å². The SMILES string of the molecule is CCc1ccccc1NC(=O)CCN1C(=S)N[C@H](c2ccccn2)[C@@H]1c1cc(C)n(-c2cccc(F)c2)c1C. The number of carbonyl (C=O) groups is 1. The number of anilines is 1. The van der Waals surface area contributed by atoms with Crippen LogP contribution in [-0.4, -0.2) is 32.0 Å². The van der Waals surface area contributed by atoms with Crippen LogP contribution in [0.2, 0.25) is 0 Å². The molecule has 0 unspecified atom stereocenters. The minimum Gasteiger partial charge on any atom is -0.352 e. The zero-order valence-electron chi connectivity index (χ0n) is 22.3. The lowest BCUT2D eigenvalue weighted by Crippen LogP contribution is -2.33. The number of aromatic nitrogens is 2. The van der Waals surface area contributed by atoms with E-state index in [1.807, 2.05) is 62.4 Å². The van der Waals surface area contributed by atoms with E-state index >= 15 is 0 Å². The molecule has 2 aromatic heterocycles. The number of nitrogens with zero attached hydrogens (tertiary/aromatic N) is 3. The van der Waals surface area contributed by atoms with E-state index in [0.29, 0.717) is 11.7 Å². The normalized spacial score (nSPS) is 16.8. The molecule has 3 heterocycles. The molecule has 1 fully saturated rings. The van der Waals surface area contributed by atoms with Crippen LogP contribution in [-0.2, 0) is 11.2 Å². The number of aryl methyl sites for hydroxylation is 2. The predicted octanol–water partition coefficient (Wildman–Crippen LogP) is 6.19. The predicted molar refractivity (Wildman–Crippen MR) is 156 cm³/mol. The number of benzene rings is 2. The van der Waals surface area contributed by atoms with E-state index in [0.717, 1.165) is 46.0 Å². The van der Waals surface area contributed by atoms with Crippen LogP contribution >= 0.6 is 12.2 Å². The van der Waals surface area contributed by atoms with Crippen molar-refractivity contribution in [2.24, 2.45) is 0 Å². The molecule has 2 N–H and O–H groups in total. The third kappa shape index (κ3) is 5.43. The van der Waals surface area contributed by atoms with Crippen molar-refractivity contribution in [2.45, 2.75) is 45.7 Å². The maximum absolute atomic E-state index is 14.1. The number of thiocarbonyl (C=S) groups is 1. The van der Waals surface area contributed by atoms with Crippen LogP contribution in [0.3, 0.4) is 0 Å². The maximum atomic E-state index is 14.1. The quantitative estimate of drug-likeness (QED) is 0.261. The van der Waals surface area contributed by atoms with Crippen molar-refractivity contribution < 1.29 is 9.18 Å². The first-order chi connectivity index (χ1) is 18.9. The smallest absolute Gasteiger partial charge is 0.226 e. The number of pyridine rings is 1. The molecule has 0 radical (unpaired) electrons. The summed E-state index contributed by atoms with van der Waals surface area (Å²) in [7, 11) is 0. The molecule has 39 heavy (non-hydrogen) atoms. The van der Waals surface area contributed by atoms with Crippen LogP contribution < -0.4 is 10.6 Å². The van der Waals surface area contributed by atoms with Crippen LogP contribution in [0.4, 0.5) is 10.1 Å². The highest BCUT2D eigenvalue weighted by atomic mass is 32.1. The van der Waals surface area contributed by atoms with Gasteiger partial charge in [-0.15, -0.1) is 0 Å². The average molecular weight is 542 g/mol. The molecule has 1 amide bonds. The van der Waals surface area contributed by atoms with Gasteiger partial charge in [0.05, 0.1) is 17.8 Å². The van der Waals surface area contributed by atoms with Gasteiger partial charge in [0.1, 0.15) is 5.82 Å². The number of rotatable bonds is 8. The van der Waals surface area contributed by atoms with Crippen LogP contribution in [0.25, 0.3) is 5.69 Å². The van der Waals surface area contributed by atoms with E-state index in [4.69, 9.17) is 12.2 Å². The Kier molecular flexibility index (Phi) is 7.74. The molecule has 1 aliphatic rings. The minimum absolute atomic E-state index is 0.0658. The number of hydrogen-bond donors (Lipinski definition) is 2. The monoisotopic (exact) mass is 541 g/mol. The van der Waals surface area contributed by atoms with Crippen LogP contribution in [0.5, 0.6) is 0 Å². The van der Waals surface area contributed by atoms with E-state index in [1.54, 1.807) is 12.3 Å². The summed E-state index contributed by atoms with van der Waals surface area (Å²) in [6.07, 6.45) is 2.88. The molecule has 1 aliphatic heterocycles. The van der Waals surface area contributed by atoms with Gasteiger partial charge in [-0.3, -0.25) is 9.78 Å². The van der Waals surface area contributed by atoms with Gasteiger partial charge in [0.25, 0.3) is 0 Å². The van der Waals surface area contributed by atoms with Gasteiger partial charge in [0.15, 0.2) is 5.11 Å². The van der Waals surface area contributed by atoms with E-state index in [2.05, 4.69) is 38.1 Å². The number of amides is 1. The molecule has 0 saturated carbocycles. The zero-order valence-corrected chi connectivity index (χ0v) is 23.1. The highest BCUT2D eigenvalue weighted by Gasteiger charge is 2.41. The summed E-state index contributed by atoms with van der Waals surface area (Å²) in [6, 6.07) is 22.0. The fourth-order valence-corrected chi connectivity index (χ4v) is 5.80. The summed E-state index contributed by atoms with van der Waals surface area (Å²) in [5.74, 6) is -0.349. The first-order valence-electron chi connectivity index (χ1n) is 13.2. The molecule has 8 heteroatoms. The third-order valence-electron chi connectivity index (χ3n) is 7.31. The summed E-state index contributed by atoms with van der Waals surface area (Å²) in [4.78, 5) is 19.7. The van der Waals surface area contributed by atoms with E-state index < -0.39 is 0 Å². The lowest BCUT2D eigenvalue weighted by atomic mass is 9.96. The molecule has 5 rings (SSSR count). The standard InChI is InChI=1S/C31H32FN5OS/c1-4-22-10-5-6-13-26(22)34-28(38)15-17-36-30(29(35-31(36)39)27-14-7-8-16-33-27)25-18-20(2)37(21(25)3)24-12-9-11-23(32)19-24/h5-14,16,18-19,29-30H,4,15,17H2,1-3H3,(H,34,38)(H,35,39)/t29-,30+/m1/s1. The lowest BCUT2D eigenvalue weighted by molar-refractivity contribution is -0.116. The summed E-state index contributed by atoms with van der Waals surface area (Å²) in [5.41, 5.74) is 6.59. The van der Waals surface area contributed by atoms with Gasteiger partial charge >= 0.3 is 0 Å².